The van der Waals surface area contributed by atoms with Crippen molar-refractivity contribution < 1.29 is 13.2 Å². The summed E-state index contributed by atoms with van der Waals surface area (Å²) in [6.45, 7) is 1.98. The van der Waals surface area contributed by atoms with Gasteiger partial charge in [-0.2, -0.15) is 5.10 Å². The fraction of sp³-hybridized carbons (Fsp3) is 0.158. The fourth-order valence-corrected chi connectivity index (χ4v) is 4.78. The predicted octanol–water partition coefficient (Wildman–Crippen LogP) is 3.62. The van der Waals surface area contributed by atoms with E-state index in [-0.39, 0.29) is 17.4 Å². The number of sulfone groups is 1. The van der Waals surface area contributed by atoms with Gasteiger partial charge >= 0.3 is 0 Å². The molecule has 2 aromatic carbocycles. The molecule has 0 saturated heterocycles. The van der Waals surface area contributed by atoms with Crippen LogP contribution in [0.1, 0.15) is 27.2 Å². The summed E-state index contributed by atoms with van der Waals surface area (Å²) >= 11 is 3.34. The van der Waals surface area contributed by atoms with Crippen molar-refractivity contribution in [2.24, 2.45) is 0 Å². The Hall–Kier alpha value is -2.45. The average Bonchev–Trinajstić information content (AvgIpc) is 3.09. The number of carbonyl (C=O) groups is 1. The Labute approximate surface area is 165 Å². The van der Waals surface area contributed by atoms with Gasteiger partial charge in [-0.15, -0.1) is 0 Å². The number of anilines is 1. The van der Waals surface area contributed by atoms with Crippen molar-refractivity contribution in [3.8, 4) is 5.69 Å². The van der Waals surface area contributed by atoms with Crippen LogP contribution in [0.25, 0.3) is 5.69 Å². The number of nitrogens with zero attached hydrogens (tertiary/aromatic N) is 2. The topological polar surface area (TPSA) is 81.1 Å². The van der Waals surface area contributed by atoms with Crippen molar-refractivity contribution in [3.05, 3.63) is 75.4 Å². The number of aromatic nitrogens is 2. The van der Waals surface area contributed by atoms with Crippen LogP contribution in [0.5, 0.6) is 0 Å². The first-order chi connectivity index (χ1) is 12.8. The second kappa shape index (κ2) is 6.61. The Morgan fingerprint density at radius 2 is 1.74 bits per heavy atom. The lowest BCUT2D eigenvalue weighted by Gasteiger charge is -2.11. The van der Waals surface area contributed by atoms with Gasteiger partial charge in [0.15, 0.2) is 9.84 Å². The molecule has 1 aliphatic heterocycles. The normalized spacial score (nSPS) is 14.7. The number of aryl methyl sites for hydroxylation is 1. The van der Waals surface area contributed by atoms with Crippen LogP contribution in [-0.2, 0) is 21.3 Å². The van der Waals surface area contributed by atoms with E-state index >= 15 is 0 Å². The lowest BCUT2D eigenvalue weighted by Crippen LogP contribution is -2.17. The molecule has 0 aliphatic carbocycles. The summed E-state index contributed by atoms with van der Waals surface area (Å²) in [5.74, 6) is -0.141. The van der Waals surface area contributed by atoms with Crippen LogP contribution in [0.4, 0.5) is 5.82 Å². The quantitative estimate of drug-likeness (QED) is 0.667. The molecule has 0 bridgehead atoms. The Morgan fingerprint density at radius 1 is 1.07 bits per heavy atom. The van der Waals surface area contributed by atoms with Gasteiger partial charge in [-0.05, 0) is 43.3 Å². The molecule has 1 aromatic heterocycles. The van der Waals surface area contributed by atoms with E-state index in [2.05, 4.69) is 26.3 Å². The van der Waals surface area contributed by atoms with E-state index in [1.54, 1.807) is 28.9 Å². The minimum Gasteiger partial charge on any atom is -0.306 e. The SMILES string of the molecule is Cc1ccc(-n2nc3c(c2NC(=O)c2ccc(Br)cc2)CS(=O)(=O)C3)cc1. The Kier molecular flexibility index (Phi) is 4.39. The van der Waals surface area contributed by atoms with Crippen LogP contribution in [-0.4, -0.2) is 24.1 Å². The smallest absolute Gasteiger partial charge is 0.256 e. The molecule has 0 fully saturated rings. The molecule has 6 nitrogen and oxygen atoms in total. The highest BCUT2D eigenvalue weighted by atomic mass is 79.9. The second-order valence-corrected chi connectivity index (χ2v) is 9.49. The Balaban J connectivity index is 1.77. The molecule has 0 saturated carbocycles. The highest BCUT2D eigenvalue weighted by Gasteiger charge is 2.33. The maximum Gasteiger partial charge on any atom is 0.256 e. The molecule has 1 aliphatic rings. The first-order valence-corrected chi connectivity index (χ1v) is 10.9. The number of carbonyl (C=O) groups excluding carboxylic acids is 1. The van der Waals surface area contributed by atoms with E-state index in [9.17, 15) is 13.2 Å². The number of rotatable bonds is 3. The third kappa shape index (κ3) is 3.54. The second-order valence-electron chi connectivity index (χ2n) is 6.51. The van der Waals surface area contributed by atoms with Gasteiger partial charge in [-0.1, -0.05) is 33.6 Å². The maximum atomic E-state index is 12.7. The standard InChI is InChI=1S/C19H16BrN3O3S/c1-12-2-8-15(9-3-12)23-18(16-10-27(25,26)11-17(16)22-23)21-19(24)13-4-6-14(20)7-5-13/h2-9H,10-11H2,1H3,(H,21,24). The van der Waals surface area contributed by atoms with Crippen molar-refractivity contribution in [2.75, 3.05) is 5.32 Å². The lowest BCUT2D eigenvalue weighted by atomic mass is 10.2. The molecular formula is C19H16BrN3O3S. The van der Waals surface area contributed by atoms with E-state index in [4.69, 9.17) is 0 Å². The molecule has 4 rings (SSSR count). The van der Waals surface area contributed by atoms with Crippen LogP contribution >= 0.6 is 15.9 Å². The van der Waals surface area contributed by atoms with Crippen LogP contribution in [0.3, 0.4) is 0 Å². The van der Waals surface area contributed by atoms with Gasteiger partial charge in [0.1, 0.15) is 5.82 Å². The van der Waals surface area contributed by atoms with Crippen LogP contribution < -0.4 is 5.32 Å². The number of amides is 1. The van der Waals surface area contributed by atoms with Crippen LogP contribution in [0.2, 0.25) is 0 Å². The molecule has 138 valence electrons. The molecule has 0 spiro atoms. The minimum atomic E-state index is -3.23. The summed E-state index contributed by atoms with van der Waals surface area (Å²) in [5.41, 5.74) is 3.38. The highest BCUT2D eigenvalue weighted by molar-refractivity contribution is 9.10. The van der Waals surface area contributed by atoms with Crippen molar-refractivity contribution in [2.45, 2.75) is 18.4 Å². The summed E-state index contributed by atoms with van der Waals surface area (Å²) in [6.07, 6.45) is 0. The molecule has 0 atom stereocenters. The van der Waals surface area contributed by atoms with Gasteiger partial charge in [0.2, 0.25) is 0 Å². The fourth-order valence-electron chi connectivity index (χ4n) is 3.02. The van der Waals surface area contributed by atoms with E-state index in [1.165, 1.54) is 0 Å². The third-order valence-corrected chi connectivity index (χ3v) is 6.37. The van der Waals surface area contributed by atoms with Gasteiger partial charge in [-0.25, -0.2) is 13.1 Å². The van der Waals surface area contributed by atoms with Gasteiger partial charge in [0, 0.05) is 15.6 Å². The highest BCUT2D eigenvalue weighted by Crippen LogP contribution is 2.33. The van der Waals surface area contributed by atoms with E-state index in [1.807, 2.05) is 31.2 Å². The van der Waals surface area contributed by atoms with Gasteiger partial charge in [-0.3, -0.25) is 4.79 Å². The largest absolute Gasteiger partial charge is 0.306 e. The lowest BCUT2D eigenvalue weighted by molar-refractivity contribution is 0.102. The number of fused-ring (bicyclic) bond motifs is 1. The minimum absolute atomic E-state index is 0.109. The van der Waals surface area contributed by atoms with E-state index in [0.29, 0.717) is 22.6 Å². The summed E-state index contributed by atoms with van der Waals surface area (Å²) < 4.78 is 26.5. The number of hydrogen-bond donors (Lipinski definition) is 1. The first-order valence-electron chi connectivity index (χ1n) is 8.27. The molecule has 0 radical (unpaired) electrons. The zero-order chi connectivity index (χ0) is 19.2. The monoisotopic (exact) mass is 445 g/mol. The zero-order valence-corrected chi connectivity index (χ0v) is 16.8. The van der Waals surface area contributed by atoms with Gasteiger partial charge in [0.25, 0.3) is 5.91 Å². The molecule has 27 heavy (non-hydrogen) atoms. The number of hydrogen-bond acceptors (Lipinski definition) is 4. The van der Waals surface area contributed by atoms with E-state index < -0.39 is 9.84 Å². The first kappa shape index (κ1) is 17.9. The zero-order valence-electron chi connectivity index (χ0n) is 14.4. The van der Waals surface area contributed by atoms with Crippen molar-refractivity contribution >= 4 is 37.5 Å². The molecule has 0 unspecified atom stereocenters. The average molecular weight is 446 g/mol. The predicted molar refractivity (Wildman–Crippen MR) is 107 cm³/mol. The number of benzene rings is 2. The molecular weight excluding hydrogens is 430 g/mol. The van der Waals surface area contributed by atoms with Crippen molar-refractivity contribution in [3.63, 3.8) is 0 Å². The summed E-state index contributed by atoms with van der Waals surface area (Å²) in [4.78, 5) is 12.7. The number of nitrogens with one attached hydrogen (secondary N) is 1. The van der Waals surface area contributed by atoms with Gasteiger partial charge in [0.05, 0.1) is 22.9 Å². The molecule has 8 heteroatoms. The molecule has 1 N–H and O–H groups in total. The molecule has 1 amide bonds. The third-order valence-electron chi connectivity index (χ3n) is 4.40. The summed E-state index contributed by atoms with van der Waals surface area (Å²) in [5, 5.41) is 7.32. The maximum absolute atomic E-state index is 12.7. The van der Waals surface area contributed by atoms with E-state index in [0.717, 1.165) is 15.7 Å². The number of halogens is 1. The van der Waals surface area contributed by atoms with Crippen LogP contribution in [0, 0.1) is 6.92 Å². The summed E-state index contributed by atoms with van der Waals surface area (Å²) in [6, 6.07) is 14.6. The summed E-state index contributed by atoms with van der Waals surface area (Å²) in [7, 11) is -3.23. The van der Waals surface area contributed by atoms with Crippen molar-refractivity contribution in [1.82, 2.24) is 9.78 Å². The van der Waals surface area contributed by atoms with Gasteiger partial charge < -0.3 is 5.32 Å². The Bertz CT molecular complexity index is 1130. The molecule has 3 aromatic rings. The van der Waals surface area contributed by atoms with Crippen molar-refractivity contribution in [1.29, 1.82) is 0 Å². The Morgan fingerprint density at radius 3 is 2.41 bits per heavy atom. The van der Waals surface area contributed by atoms with Crippen LogP contribution in [0.15, 0.2) is 53.0 Å². The molecule has 2 heterocycles.